The molecule has 5 aliphatic rings. The highest BCUT2D eigenvalue weighted by Crippen LogP contribution is 2.50. The van der Waals surface area contributed by atoms with Gasteiger partial charge in [0.15, 0.2) is 0 Å². The zero-order chi connectivity index (χ0) is 25.6. The summed E-state index contributed by atoms with van der Waals surface area (Å²) in [4.78, 5) is 20.4. The Morgan fingerprint density at radius 3 is 2.71 bits per heavy atom. The largest absolute Gasteiger partial charge is 0.375 e. The van der Waals surface area contributed by atoms with E-state index in [-0.39, 0.29) is 23.0 Å². The third-order valence-electron chi connectivity index (χ3n) is 10.8. The number of aromatic nitrogens is 1. The quantitative estimate of drug-likeness (QED) is 0.501. The maximum atomic E-state index is 13.3. The molecule has 38 heavy (non-hydrogen) atoms. The van der Waals surface area contributed by atoms with E-state index in [0.29, 0.717) is 11.9 Å². The predicted molar refractivity (Wildman–Crippen MR) is 149 cm³/mol. The van der Waals surface area contributed by atoms with Crippen LogP contribution in [0.4, 0.5) is 0 Å². The molecule has 5 heteroatoms. The molecule has 1 spiro atoms. The summed E-state index contributed by atoms with van der Waals surface area (Å²) in [5.74, 6) is 0.704. The van der Waals surface area contributed by atoms with Gasteiger partial charge in [-0.05, 0) is 99.6 Å². The first kappa shape index (κ1) is 24.8. The Balaban J connectivity index is 1.10. The Kier molecular flexibility index (Phi) is 6.56. The molecule has 1 saturated heterocycles. The van der Waals surface area contributed by atoms with Gasteiger partial charge in [-0.1, -0.05) is 43.5 Å². The van der Waals surface area contributed by atoms with Gasteiger partial charge in [0.25, 0.3) is 0 Å². The molecule has 1 aromatic carbocycles. The van der Waals surface area contributed by atoms with Gasteiger partial charge in [0, 0.05) is 42.4 Å². The minimum atomic E-state index is 0.0583. The molecular weight excluding hydrogens is 470 g/mol. The lowest BCUT2D eigenvalue weighted by molar-refractivity contribution is -0.141. The van der Waals surface area contributed by atoms with Crippen molar-refractivity contribution in [3.63, 3.8) is 0 Å². The zero-order valence-electron chi connectivity index (χ0n) is 22.8. The van der Waals surface area contributed by atoms with Crippen molar-refractivity contribution in [1.82, 2.24) is 15.2 Å². The van der Waals surface area contributed by atoms with E-state index in [1.807, 2.05) is 12.3 Å². The molecule has 5 nitrogen and oxygen atoms in total. The minimum Gasteiger partial charge on any atom is -0.375 e. The third kappa shape index (κ3) is 4.30. The first-order chi connectivity index (χ1) is 18.7. The molecule has 2 saturated carbocycles. The number of nitrogens with zero attached hydrogens (tertiary/aromatic N) is 2. The van der Waals surface area contributed by atoms with Crippen LogP contribution in [0.3, 0.4) is 0 Å². The van der Waals surface area contributed by atoms with Gasteiger partial charge in [0.2, 0.25) is 5.91 Å². The molecule has 2 unspecified atom stereocenters. The maximum absolute atomic E-state index is 13.3. The third-order valence-corrected chi connectivity index (χ3v) is 10.8. The number of nitrogens with one attached hydrogen (secondary N) is 1. The fraction of sp³-hybridized carbons (Fsp3) is 0.636. The van der Waals surface area contributed by atoms with Crippen molar-refractivity contribution in [2.75, 3.05) is 19.7 Å². The van der Waals surface area contributed by atoms with Crippen molar-refractivity contribution >= 4 is 5.91 Å². The molecule has 3 fully saturated rings. The molecule has 202 valence electrons. The average Bonchev–Trinajstić information content (AvgIpc) is 3.36. The second kappa shape index (κ2) is 10.1. The van der Waals surface area contributed by atoms with Gasteiger partial charge in [-0.25, -0.2) is 0 Å². The van der Waals surface area contributed by atoms with Gasteiger partial charge >= 0.3 is 0 Å². The van der Waals surface area contributed by atoms with E-state index in [9.17, 15) is 4.79 Å². The van der Waals surface area contributed by atoms with Crippen molar-refractivity contribution in [2.24, 2.45) is 5.92 Å². The fourth-order valence-corrected chi connectivity index (χ4v) is 8.54. The van der Waals surface area contributed by atoms with Crippen LogP contribution in [0.1, 0.15) is 112 Å². The van der Waals surface area contributed by atoms with E-state index >= 15 is 0 Å². The van der Waals surface area contributed by atoms with E-state index in [0.717, 1.165) is 71.1 Å². The predicted octanol–water partition coefficient (Wildman–Crippen LogP) is 6.18. The molecule has 7 rings (SSSR count). The number of pyridine rings is 1. The van der Waals surface area contributed by atoms with E-state index in [1.54, 1.807) is 0 Å². The highest BCUT2D eigenvalue weighted by molar-refractivity contribution is 5.80. The lowest BCUT2D eigenvalue weighted by Crippen LogP contribution is -2.48. The van der Waals surface area contributed by atoms with Crippen molar-refractivity contribution in [1.29, 1.82) is 0 Å². The van der Waals surface area contributed by atoms with Crippen LogP contribution in [0.2, 0.25) is 0 Å². The van der Waals surface area contributed by atoms with Crippen LogP contribution >= 0.6 is 0 Å². The van der Waals surface area contributed by atoms with Gasteiger partial charge < -0.3 is 15.0 Å². The highest BCUT2D eigenvalue weighted by Gasteiger charge is 2.48. The second-order valence-electron chi connectivity index (χ2n) is 12.8. The summed E-state index contributed by atoms with van der Waals surface area (Å²) < 4.78 is 6.47. The first-order valence-electron chi connectivity index (χ1n) is 15.4. The Bertz CT molecular complexity index is 1160. The Morgan fingerprint density at radius 1 is 1.03 bits per heavy atom. The molecular formula is C33H43N3O2. The van der Waals surface area contributed by atoms with Crippen LogP contribution in [0.5, 0.6) is 0 Å². The summed E-state index contributed by atoms with van der Waals surface area (Å²) >= 11 is 0. The number of benzene rings is 1. The van der Waals surface area contributed by atoms with Gasteiger partial charge in [-0.15, -0.1) is 0 Å². The molecule has 0 bridgehead atoms. The number of ether oxygens (including phenoxy) is 1. The van der Waals surface area contributed by atoms with E-state index < -0.39 is 0 Å². The second-order valence-corrected chi connectivity index (χ2v) is 12.8. The number of carbonyl (C=O) groups excluding carboxylic acids is 1. The monoisotopic (exact) mass is 513 g/mol. The number of rotatable bonds is 6. The molecule has 1 aromatic heterocycles. The molecule has 2 aliphatic heterocycles. The van der Waals surface area contributed by atoms with Crippen molar-refractivity contribution in [2.45, 2.75) is 107 Å². The smallest absolute Gasteiger partial charge is 0.226 e. The summed E-state index contributed by atoms with van der Waals surface area (Å²) in [7, 11) is 0. The van der Waals surface area contributed by atoms with Gasteiger partial charge in [-0.2, -0.15) is 0 Å². The SMILES string of the molecule is O=C(C1CCC1)N1CCc2cccc3c2C1CCC3NCC[C@@]1(c2ccccn2)CCOC2(CCCC2)C1. The summed E-state index contributed by atoms with van der Waals surface area (Å²) in [5, 5.41) is 4.01. The van der Waals surface area contributed by atoms with Crippen LogP contribution in [0, 0.1) is 5.92 Å². The van der Waals surface area contributed by atoms with Gasteiger partial charge in [0.05, 0.1) is 11.6 Å². The zero-order valence-corrected chi connectivity index (χ0v) is 22.8. The normalized spacial score (nSPS) is 30.2. The van der Waals surface area contributed by atoms with Crippen LogP contribution in [-0.4, -0.2) is 41.1 Å². The summed E-state index contributed by atoms with van der Waals surface area (Å²) in [5.41, 5.74) is 5.76. The number of carbonyl (C=O) groups is 1. The topological polar surface area (TPSA) is 54.5 Å². The standard InChI is InChI=1S/C33H43N3O2/c37-31(25-8-5-9-25)36-21-14-24-7-6-10-26-27(12-13-28(36)30(24)26)34-20-17-32(29-11-1-4-19-35-29)18-22-38-33(23-32)15-2-3-16-33/h1,4,6-7,10-11,19,25,27-28,34H,2-3,5,8-9,12-18,20-23H2/t27?,28?,32-/m1/s1. The minimum absolute atomic E-state index is 0.0583. The Labute approximate surface area is 227 Å². The van der Waals surface area contributed by atoms with Gasteiger partial charge in [-0.3, -0.25) is 9.78 Å². The molecule has 0 radical (unpaired) electrons. The Morgan fingerprint density at radius 2 is 1.92 bits per heavy atom. The van der Waals surface area contributed by atoms with E-state index in [2.05, 4.69) is 40.5 Å². The maximum Gasteiger partial charge on any atom is 0.226 e. The van der Waals surface area contributed by atoms with E-state index in [4.69, 9.17) is 9.72 Å². The van der Waals surface area contributed by atoms with Crippen LogP contribution in [0.25, 0.3) is 0 Å². The number of amides is 1. The molecule has 1 amide bonds. The van der Waals surface area contributed by atoms with Crippen LogP contribution in [0.15, 0.2) is 42.6 Å². The summed E-state index contributed by atoms with van der Waals surface area (Å²) in [6.45, 7) is 2.72. The van der Waals surface area contributed by atoms with E-state index in [1.165, 1.54) is 54.5 Å². The molecule has 1 N–H and O–H groups in total. The lowest BCUT2D eigenvalue weighted by Gasteiger charge is -2.47. The van der Waals surface area contributed by atoms with Crippen molar-refractivity contribution in [3.8, 4) is 0 Å². The molecule has 2 aromatic rings. The first-order valence-corrected chi connectivity index (χ1v) is 15.4. The van der Waals surface area contributed by atoms with Crippen molar-refractivity contribution in [3.05, 3.63) is 65.0 Å². The van der Waals surface area contributed by atoms with Crippen LogP contribution < -0.4 is 5.32 Å². The summed E-state index contributed by atoms with van der Waals surface area (Å²) in [6.07, 6.45) is 16.8. The summed E-state index contributed by atoms with van der Waals surface area (Å²) in [6, 6.07) is 14.0. The highest BCUT2D eigenvalue weighted by atomic mass is 16.5. The lowest BCUT2D eigenvalue weighted by atomic mass is 9.68. The average molecular weight is 514 g/mol. The molecule has 3 atom stereocenters. The Hall–Kier alpha value is -2.24. The number of hydrogen-bond donors (Lipinski definition) is 1. The van der Waals surface area contributed by atoms with Crippen molar-refractivity contribution < 1.29 is 9.53 Å². The van der Waals surface area contributed by atoms with Crippen LogP contribution in [-0.2, 0) is 21.4 Å². The molecule has 3 heterocycles. The van der Waals surface area contributed by atoms with Gasteiger partial charge in [0.1, 0.15) is 0 Å². The fourth-order valence-electron chi connectivity index (χ4n) is 8.54. The molecule has 3 aliphatic carbocycles. The number of hydrogen-bond acceptors (Lipinski definition) is 4.